The quantitative estimate of drug-likeness (QED) is 0.883. The molecule has 0 radical (unpaired) electrons. The van der Waals surface area contributed by atoms with E-state index >= 15 is 0 Å². The number of anilines is 3. The molecule has 0 aliphatic carbocycles. The number of hydrogen-bond acceptors (Lipinski definition) is 5. The third kappa shape index (κ3) is 2.93. The van der Waals surface area contributed by atoms with Gasteiger partial charge in [0.05, 0.1) is 12.8 Å². The van der Waals surface area contributed by atoms with Crippen LogP contribution >= 0.6 is 0 Å². The van der Waals surface area contributed by atoms with Gasteiger partial charge in [-0.3, -0.25) is 0 Å². The highest BCUT2D eigenvalue weighted by Gasteiger charge is 2.08. The van der Waals surface area contributed by atoms with Crippen LogP contribution in [0.2, 0.25) is 0 Å². The summed E-state index contributed by atoms with van der Waals surface area (Å²) in [6, 6.07) is 5.97. The summed E-state index contributed by atoms with van der Waals surface area (Å²) < 4.78 is 5.44. The van der Waals surface area contributed by atoms with Gasteiger partial charge in [-0.05, 0) is 31.0 Å². The van der Waals surface area contributed by atoms with Crippen molar-refractivity contribution in [3.8, 4) is 5.75 Å². The van der Waals surface area contributed by atoms with Crippen LogP contribution in [-0.4, -0.2) is 24.1 Å². The highest BCUT2D eigenvalue weighted by atomic mass is 16.5. The van der Waals surface area contributed by atoms with Crippen LogP contribution in [0.1, 0.15) is 11.1 Å². The Balaban J connectivity index is 2.36. The lowest BCUT2D eigenvalue weighted by Crippen LogP contribution is -2.01. The van der Waals surface area contributed by atoms with Crippen LogP contribution in [0.15, 0.2) is 24.5 Å². The van der Waals surface area contributed by atoms with Crippen molar-refractivity contribution in [2.24, 2.45) is 0 Å². The van der Waals surface area contributed by atoms with E-state index in [2.05, 4.69) is 33.6 Å². The average molecular weight is 258 g/mol. The number of nitrogens with zero attached hydrogens (tertiary/aromatic N) is 2. The van der Waals surface area contributed by atoms with Gasteiger partial charge in [0, 0.05) is 13.1 Å². The second-order valence-electron chi connectivity index (χ2n) is 4.33. The Hall–Kier alpha value is -2.30. The molecule has 100 valence electrons. The van der Waals surface area contributed by atoms with E-state index in [4.69, 9.17) is 4.74 Å². The van der Waals surface area contributed by atoms with E-state index in [1.165, 1.54) is 11.9 Å². The molecular weight excluding hydrogens is 240 g/mol. The predicted molar refractivity (Wildman–Crippen MR) is 77.3 cm³/mol. The largest absolute Gasteiger partial charge is 0.494 e. The summed E-state index contributed by atoms with van der Waals surface area (Å²) in [5, 5.41) is 6.25. The molecule has 0 saturated heterocycles. The van der Waals surface area contributed by atoms with Crippen molar-refractivity contribution < 1.29 is 4.74 Å². The van der Waals surface area contributed by atoms with Gasteiger partial charge in [-0.25, -0.2) is 9.97 Å². The van der Waals surface area contributed by atoms with Gasteiger partial charge in [0.2, 0.25) is 0 Å². The lowest BCUT2D eigenvalue weighted by molar-refractivity contribution is 0.413. The molecule has 0 bridgehead atoms. The van der Waals surface area contributed by atoms with Gasteiger partial charge in [0.25, 0.3) is 0 Å². The molecule has 0 aliphatic rings. The Bertz CT molecular complexity index is 584. The molecule has 0 aliphatic heterocycles. The second kappa shape index (κ2) is 5.56. The number of hydrogen-bond donors (Lipinski definition) is 2. The van der Waals surface area contributed by atoms with E-state index in [0.29, 0.717) is 0 Å². The average Bonchev–Trinajstić information content (AvgIpc) is 2.38. The summed E-state index contributed by atoms with van der Waals surface area (Å²) in [5.74, 6) is 2.32. The van der Waals surface area contributed by atoms with Gasteiger partial charge in [0.15, 0.2) is 0 Å². The number of benzene rings is 1. The van der Waals surface area contributed by atoms with Gasteiger partial charge in [-0.15, -0.1) is 0 Å². The van der Waals surface area contributed by atoms with Crippen LogP contribution in [0.5, 0.6) is 5.75 Å². The Kier molecular flexibility index (Phi) is 3.85. The lowest BCUT2D eigenvalue weighted by Gasteiger charge is -2.14. The molecule has 1 heterocycles. The summed E-state index contributed by atoms with van der Waals surface area (Å²) in [5.41, 5.74) is 3.16. The van der Waals surface area contributed by atoms with Gasteiger partial charge in [0.1, 0.15) is 23.7 Å². The van der Waals surface area contributed by atoms with E-state index in [9.17, 15) is 0 Å². The molecule has 0 unspecified atom stereocenters. The molecule has 2 aromatic rings. The normalized spacial score (nSPS) is 10.1. The number of nitrogens with one attached hydrogen (secondary N) is 2. The molecule has 0 fully saturated rings. The van der Waals surface area contributed by atoms with Crippen LogP contribution in [0.3, 0.4) is 0 Å². The number of ether oxygens (including phenoxy) is 1. The summed E-state index contributed by atoms with van der Waals surface area (Å²) >= 11 is 0. The molecule has 0 saturated carbocycles. The smallest absolute Gasteiger partial charge is 0.145 e. The Labute approximate surface area is 113 Å². The summed E-state index contributed by atoms with van der Waals surface area (Å²) in [4.78, 5) is 8.28. The van der Waals surface area contributed by atoms with E-state index in [0.717, 1.165) is 28.6 Å². The topological polar surface area (TPSA) is 59.1 Å². The molecule has 19 heavy (non-hydrogen) atoms. The highest BCUT2D eigenvalue weighted by molar-refractivity contribution is 5.68. The maximum Gasteiger partial charge on any atom is 0.145 e. The van der Waals surface area contributed by atoms with Gasteiger partial charge in [-0.2, -0.15) is 0 Å². The minimum atomic E-state index is 0.725. The number of rotatable bonds is 4. The summed E-state index contributed by atoms with van der Waals surface area (Å²) in [6.07, 6.45) is 1.52. The van der Waals surface area contributed by atoms with Crippen molar-refractivity contribution in [3.63, 3.8) is 0 Å². The monoisotopic (exact) mass is 258 g/mol. The Morgan fingerprint density at radius 1 is 1.05 bits per heavy atom. The van der Waals surface area contributed by atoms with Crippen molar-refractivity contribution in [2.75, 3.05) is 24.8 Å². The predicted octanol–water partition coefficient (Wildman–Crippen LogP) is 2.89. The van der Waals surface area contributed by atoms with Crippen LogP contribution < -0.4 is 15.4 Å². The van der Waals surface area contributed by atoms with Crippen LogP contribution in [-0.2, 0) is 0 Å². The SMILES string of the molecule is CNc1cc(Nc2cc(C)cc(C)c2OC)ncn1. The number of aryl methyl sites for hydroxylation is 2. The van der Waals surface area contributed by atoms with Crippen LogP contribution in [0.25, 0.3) is 0 Å². The maximum atomic E-state index is 5.44. The van der Waals surface area contributed by atoms with Crippen LogP contribution in [0.4, 0.5) is 17.3 Å². The highest BCUT2D eigenvalue weighted by Crippen LogP contribution is 2.31. The third-order valence-electron chi connectivity index (χ3n) is 2.81. The molecular formula is C14H18N4O. The molecule has 0 atom stereocenters. The Morgan fingerprint density at radius 3 is 2.47 bits per heavy atom. The van der Waals surface area contributed by atoms with E-state index in [1.807, 2.05) is 26.1 Å². The zero-order chi connectivity index (χ0) is 13.8. The molecule has 2 N–H and O–H groups in total. The molecule has 1 aromatic carbocycles. The zero-order valence-electron chi connectivity index (χ0n) is 11.6. The van der Waals surface area contributed by atoms with Crippen molar-refractivity contribution in [1.29, 1.82) is 0 Å². The Morgan fingerprint density at radius 2 is 1.79 bits per heavy atom. The maximum absolute atomic E-state index is 5.44. The standard InChI is InChI=1S/C14H18N4O/c1-9-5-10(2)14(19-4)11(6-9)18-13-7-12(15-3)16-8-17-13/h5-8H,1-4H3,(H2,15,16,17,18). The number of methoxy groups -OCH3 is 1. The molecule has 1 aromatic heterocycles. The fourth-order valence-corrected chi connectivity index (χ4v) is 2.02. The van der Waals surface area contributed by atoms with E-state index in [-0.39, 0.29) is 0 Å². The fourth-order valence-electron chi connectivity index (χ4n) is 2.02. The molecule has 0 amide bonds. The molecule has 2 rings (SSSR count). The van der Waals surface area contributed by atoms with Crippen molar-refractivity contribution in [3.05, 3.63) is 35.7 Å². The molecule has 5 nitrogen and oxygen atoms in total. The third-order valence-corrected chi connectivity index (χ3v) is 2.81. The first kappa shape index (κ1) is 13.1. The van der Waals surface area contributed by atoms with Gasteiger partial charge in [-0.1, -0.05) is 6.07 Å². The van der Waals surface area contributed by atoms with Gasteiger partial charge >= 0.3 is 0 Å². The number of aromatic nitrogens is 2. The minimum absolute atomic E-state index is 0.725. The zero-order valence-corrected chi connectivity index (χ0v) is 11.6. The first-order valence-electron chi connectivity index (χ1n) is 6.06. The van der Waals surface area contributed by atoms with Crippen molar-refractivity contribution in [2.45, 2.75) is 13.8 Å². The second-order valence-corrected chi connectivity index (χ2v) is 4.33. The summed E-state index contributed by atoms with van der Waals surface area (Å²) in [7, 11) is 3.49. The lowest BCUT2D eigenvalue weighted by atomic mass is 10.1. The minimum Gasteiger partial charge on any atom is -0.494 e. The molecule has 0 spiro atoms. The van der Waals surface area contributed by atoms with E-state index in [1.54, 1.807) is 7.11 Å². The fraction of sp³-hybridized carbons (Fsp3) is 0.286. The molecule has 5 heteroatoms. The van der Waals surface area contributed by atoms with E-state index < -0.39 is 0 Å². The van der Waals surface area contributed by atoms with Crippen molar-refractivity contribution in [1.82, 2.24) is 9.97 Å². The van der Waals surface area contributed by atoms with Gasteiger partial charge < -0.3 is 15.4 Å². The first-order valence-corrected chi connectivity index (χ1v) is 6.06. The first-order chi connectivity index (χ1) is 9.13. The van der Waals surface area contributed by atoms with Crippen LogP contribution in [0, 0.1) is 13.8 Å². The summed E-state index contributed by atoms with van der Waals surface area (Å²) in [6.45, 7) is 4.08. The van der Waals surface area contributed by atoms with Crippen molar-refractivity contribution >= 4 is 17.3 Å².